The summed E-state index contributed by atoms with van der Waals surface area (Å²) in [6.45, 7) is 4.85. The zero-order valence-electron chi connectivity index (χ0n) is 12.7. The van der Waals surface area contributed by atoms with Gasteiger partial charge in [0.05, 0.1) is 4.90 Å². The van der Waals surface area contributed by atoms with Gasteiger partial charge < -0.3 is 4.90 Å². The van der Waals surface area contributed by atoms with E-state index in [2.05, 4.69) is 50.4 Å². The van der Waals surface area contributed by atoms with Gasteiger partial charge in [-0.2, -0.15) is 0 Å². The van der Waals surface area contributed by atoms with E-state index >= 15 is 0 Å². The van der Waals surface area contributed by atoms with Gasteiger partial charge in [-0.15, -0.1) is 0 Å². The number of rotatable bonds is 7. The predicted octanol–water partition coefficient (Wildman–Crippen LogP) is 3.47. The van der Waals surface area contributed by atoms with E-state index in [-0.39, 0.29) is 10.9 Å². The molecule has 120 valence electrons. The van der Waals surface area contributed by atoms with Crippen molar-refractivity contribution in [1.29, 1.82) is 0 Å². The van der Waals surface area contributed by atoms with Crippen molar-refractivity contribution in [3.63, 3.8) is 0 Å². The molecule has 0 aliphatic rings. The van der Waals surface area contributed by atoms with Gasteiger partial charge in [0, 0.05) is 21.5 Å². The van der Waals surface area contributed by atoms with Gasteiger partial charge >= 0.3 is 0 Å². The minimum atomic E-state index is -3.56. The molecule has 21 heavy (non-hydrogen) atoms. The molecule has 0 aliphatic heterocycles. The molecule has 7 heteroatoms. The molecule has 4 nitrogen and oxygen atoms in total. The summed E-state index contributed by atoms with van der Waals surface area (Å²) in [5.41, 5.74) is 0. The second-order valence-corrected chi connectivity index (χ2v) is 9.24. The number of hydrogen-bond donors (Lipinski definition) is 1. The fraction of sp³-hybridized carbons (Fsp3) is 0.571. The average molecular weight is 442 g/mol. The van der Waals surface area contributed by atoms with Crippen LogP contribution < -0.4 is 4.72 Å². The largest absolute Gasteiger partial charge is 0.308 e. The molecule has 1 aromatic carbocycles. The standard InChI is InChI=1S/C14H22Br2N2O2S/c1-10(2)7-12(9-18(3)4)17-21(19,20)14-8-11(15)5-6-13(14)16/h5-6,8,10,12,17H,7,9H2,1-4H3. The molecular formula is C14H22Br2N2O2S. The molecule has 1 N–H and O–H groups in total. The van der Waals surface area contributed by atoms with Crippen LogP contribution in [0.1, 0.15) is 20.3 Å². The first-order chi connectivity index (χ1) is 9.61. The van der Waals surface area contributed by atoms with Gasteiger partial charge in [-0.25, -0.2) is 13.1 Å². The van der Waals surface area contributed by atoms with E-state index in [0.717, 1.165) is 10.9 Å². The van der Waals surface area contributed by atoms with Crippen molar-refractivity contribution >= 4 is 41.9 Å². The lowest BCUT2D eigenvalue weighted by atomic mass is 10.0. The van der Waals surface area contributed by atoms with Crippen LogP contribution in [-0.4, -0.2) is 40.0 Å². The minimum absolute atomic E-state index is 0.115. The Bertz CT molecular complexity index is 564. The second-order valence-electron chi connectivity index (χ2n) is 5.78. The summed E-state index contributed by atoms with van der Waals surface area (Å²) in [7, 11) is 0.325. The van der Waals surface area contributed by atoms with Crippen LogP contribution in [0.25, 0.3) is 0 Å². The van der Waals surface area contributed by atoms with Crippen LogP contribution in [-0.2, 0) is 10.0 Å². The van der Waals surface area contributed by atoms with E-state index in [0.29, 0.717) is 16.9 Å². The summed E-state index contributed by atoms with van der Waals surface area (Å²) in [4.78, 5) is 2.25. The molecule has 0 bridgehead atoms. The Morgan fingerprint density at radius 1 is 1.24 bits per heavy atom. The van der Waals surface area contributed by atoms with Gasteiger partial charge in [0.15, 0.2) is 0 Å². The maximum absolute atomic E-state index is 12.6. The van der Waals surface area contributed by atoms with Crippen LogP contribution in [0, 0.1) is 5.92 Å². The second kappa shape index (κ2) is 8.06. The molecular weight excluding hydrogens is 420 g/mol. The highest BCUT2D eigenvalue weighted by Gasteiger charge is 2.23. The number of sulfonamides is 1. The summed E-state index contributed by atoms with van der Waals surface area (Å²) in [5, 5.41) is 0. The molecule has 0 saturated carbocycles. The average Bonchev–Trinajstić information content (AvgIpc) is 2.29. The van der Waals surface area contributed by atoms with E-state index < -0.39 is 10.0 Å². The number of likely N-dealkylation sites (N-methyl/N-ethyl adjacent to an activating group) is 1. The van der Waals surface area contributed by atoms with Crippen LogP contribution in [0.3, 0.4) is 0 Å². The minimum Gasteiger partial charge on any atom is -0.308 e. The summed E-state index contributed by atoms with van der Waals surface area (Å²) < 4.78 is 29.3. The third-order valence-corrected chi connectivity index (χ3v) is 5.85. The maximum Gasteiger partial charge on any atom is 0.242 e. The topological polar surface area (TPSA) is 49.4 Å². The highest BCUT2D eigenvalue weighted by atomic mass is 79.9. The third-order valence-electron chi connectivity index (χ3n) is 2.85. The van der Waals surface area contributed by atoms with E-state index in [1.807, 2.05) is 19.0 Å². The lowest BCUT2D eigenvalue weighted by Crippen LogP contribution is -2.42. The van der Waals surface area contributed by atoms with Crippen LogP contribution in [0.5, 0.6) is 0 Å². The molecule has 0 saturated heterocycles. The molecule has 0 aliphatic carbocycles. The summed E-state index contributed by atoms with van der Waals surface area (Å²) >= 11 is 6.62. The Kier molecular flexibility index (Phi) is 7.33. The molecule has 0 amide bonds. The van der Waals surface area contributed by atoms with Gasteiger partial charge in [-0.05, 0) is 60.6 Å². The zero-order chi connectivity index (χ0) is 16.2. The van der Waals surface area contributed by atoms with Crippen molar-refractivity contribution < 1.29 is 8.42 Å². The van der Waals surface area contributed by atoms with Gasteiger partial charge in [-0.1, -0.05) is 29.8 Å². The van der Waals surface area contributed by atoms with E-state index in [4.69, 9.17) is 0 Å². The van der Waals surface area contributed by atoms with E-state index in [1.54, 1.807) is 18.2 Å². The fourth-order valence-electron chi connectivity index (χ4n) is 2.14. The number of nitrogens with one attached hydrogen (secondary N) is 1. The number of hydrogen-bond acceptors (Lipinski definition) is 3. The highest BCUT2D eigenvalue weighted by Crippen LogP contribution is 2.26. The van der Waals surface area contributed by atoms with Crippen molar-refractivity contribution in [2.24, 2.45) is 5.92 Å². The number of halogens is 2. The lowest BCUT2D eigenvalue weighted by molar-refractivity contribution is 0.329. The first-order valence-electron chi connectivity index (χ1n) is 6.74. The summed E-state index contributed by atoms with van der Waals surface area (Å²) in [6.07, 6.45) is 0.795. The van der Waals surface area contributed by atoms with Crippen molar-refractivity contribution in [3.8, 4) is 0 Å². The molecule has 1 aromatic rings. The Hall–Kier alpha value is 0.0500. The molecule has 1 rings (SSSR count). The first-order valence-corrected chi connectivity index (χ1v) is 9.81. The summed E-state index contributed by atoms with van der Waals surface area (Å²) in [5.74, 6) is 0.420. The molecule has 0 heterocycles. The molecule has 0 radical (unpaired) electrons. The normalized spacial score (nSPS) is 13.9. The molecule has 0 spiro atoms. The Morgan fingerprint density at radius 2 is 1.86 bits per heavy atom. The lowest BCUT2D eigenvalue weighted by Gasteiger charge is -2.24. The Labute approximate surface area is 144 Å². The van der Waals surface area contributed by atoms with Crippen molar-refractivity contribution in [3.05, 3.63) is 27.1 Å². The molecule has 0 aromatic heterocycles. The van der Waals surface area contributed by atoms with Gasteiger partial charge in [0.25, 0.3) is 0 Å². The number of benzene rings is 1. The van der Waals surface area contributed by atoms with Crippen molar-refractivity contribution in [2.75, 3.05) is 20.6 Å². The van der Waals surface area contributed by atoms with Crippen LogP contribution in [0.2, 0.25) is 0 Å². The Balaban J connectivity index is 3.02. The van der Waals surface area contributed by atoms with Gasteiger partial charge in [0.2, 0.25) is 10.0 Å². The van der Waals surface area contributed by atoms with E-state index in [1.165, 1.54) is 0 Å². The quantitative estimate of drug-likeness (QED) is 0.704. The van der Waals surface area contributed by atoms with Crippen LogP contribution in [0.4, 0.5) is 0 Å². The maximum atomic E-state index is 12.6. The fourth-order valence-corrected chi connectivity index (χ4v) is 4.88. The highest BCUT2D eigenvalue weighted by molar-refractivity contribution is 9.11. The van der Waals surface area contributed by atoms with Crippen molar-refractivity contribution in [1.82, 2.24) is 9.62 Å². The zero-order valence-corrected chi connectivity index (χ0v) is 16.7. The smallest absolute Gasteiger partial charge is 0.242 e. The summed E-state index contributed by atoms with van der Waals surface area (Å²) in [6, 6.07) is 5.02. The molecule has 1 atom stereocenters. The third kappa shape index (κ3) is 6.36. The SMILES string of the molecule is CC(C)CC(CN(C)C)NS(=O)(=O)c1cc(Br)ccc1Br. The molecule has 0 fully saturated rings. The monoisotopic (exact) mass is 440 g/mol. The van der Waals surface area contributed by atoms with Crippen molar-refractivity contribution in [2.45, 2.75) is 31.2 Å². The van der Waals surface area contributed by atoms with Gasteiger partial charge in [-0.3, -0.25) is 0 Å². The molecule has 1 unspecified atom stereocenters. The van der Waals surface area contributed by atoms with Crippen LogP contribution in [0.15, 0.2) is 32.0 Å². The van der Waals surface area contributed by atoms with E-state index in [9.17, 15) is 8.42 Å². The number of nitrogens with zero attached hydrogens (tertiary/aromatic N) is 1. The van der Waals surface area contributed by atoms with Crippen LogP contribution >= 0.6 is 31.9 Å². The Morgan fingerprint density at radius 3 is 2.38 bits per heavy atom. The van der Waals surface area contributed by atoms with Gasteiger partial charge in [0.1, 0.15) is 0 Å². The first kappa shape index (κ1) is 19.1. The predicted molar refractivity (Wildman–Crippen MR) is 94.0 cm³/mol.